The van der Waals surface area contributed by atoms with Gasteiger partial charge in [0.25, 0.3) is 0 Å². The molecule has 0 atom stereocenters. The molecule has 0 aliphatic rings. The smallest absolute Gasteiger partial charge is 0.343 e. The van der Waals surface area contributed by atoms with Crippen molar-refractivity contribution in [2.24, 2.45) is 5.73 Å². The van der Waals surface area contributed by atoms with E-state index in [0.29, 0.717) is 11.1 Å². The fraction of sp³-hybridized carbons (Fsp3) is 0. The minimum Gasteiger partial charge on any atom is -0.421 e. The van der Waals surface area contributed by atoms with Crippen molar-refractivity contribution in [2.75, 3.05) is 0 Å². The van der Waals surface area contributed by atoms with Gasteiger partial charge in [0.15, 0.2) is 0 Å². The summed E-state index contributed by atoms with van der Waals surface area (Å²) >= 11 is 5.98. The first-order valence-corrected chi connectivity index (χ1v) is 5.87. The zero-order chi connectivity index (χ0) is 13.8. The van der Waals surface area contributed by atoms with Crippen LogP contribution in [0, 0.1) is 5.41 Å². The number of hydrogen-bond donors (Lipinski definition) is 2. The average molecular weight is 275 g/mol. The van der Waals surface area contributed by atoms with Crippen molar-refractivity contribution in [1.29, 1.82) is 5.41 Å². The van der Waals surface area contributed by atoms with Crippen molar-refractivity contribution in [1.82, 2.24) is 0 Å². The van der Waals surface area contributed by atoms with Crippen LogP contribution in [0.1, 0.15) is 15.9 Å². The predicted octanol–water partition coefficient (Wildman–Crippen LogP) is 2.84. The van der Waals surface area contributed by atoms with E-state index in [1.165, 1.54) is 12.1 Å². The molecule has 0 radical (unpaired) electrons. The molecular weight excluding hydrogens is 264 g/mol. The molecule has 0 unspecified atom stereocenters. The summed E-state index contributed by atoms with van der Waals surface area (Å²) in [5.41, 5.74) is 6.26. The van der Waals surface area contributed by atoms with Gasteiger partial charge in [-0.15, -0.1) is 0 Å². The summed E-state index contributed by atoms with van der Waals surface area (Å²) in [6.07, 6.45) is 0. The Morgan fingerprint density at radius 3 is 2.37 bits per heavy atom. The molecule has 96 valence electrons. The van der Waals surface area contributed by atoms with Crippen LogP contribution < -0.4 is 10.5 Å². The van der Waals surface area contributed by atoms with Gasteiger partial charge in [-0.2, -0.15) is 0 Å². The number of nitrogens with one attached hydrogen (secondary N) is 1. The topological polar surface area (TPSA) is 76.2 Å². The van der Waals surface area contributed by atoms with Gasteiger partial charge in [-0.25, -0.2) is 4.79 Å². The molecule has 0 aliphatic carbocycles. The monoisotopic (exact) mass is 274 g/mol. The SMILES string of the molecule is N=C(N)c1ccc(OC(=O)c2ccccc2)c(Cl)c1. The Morgan fingerprint density at radius 1 is 1.11 bits per heavy atom. The number of carbonyl (C=O) groups excluding carboxylic acids is 1. The molecule has 2 rings (SSSR count). The summed E-state index contributed by atoms with van der Waals surface area (Å²) in [4.78, 5) is 11.8. The molecule has 0 amide bonds. The summed E-state index contributed by atoms with van der Waals surface area (Å²) in [6, 6.07) is 13.2. The van der Waals surface area contributed by atoms with Gasteiger partial charge in [-0.3, -0.25) is 5.41 Å². The second-order valence-corrected chi connectivity index (χ2v) is 4.22. The third kappa shape index (κ3) is 3.11. The maximum Gasteiger partial charge on any atom is 0.343 e. The summed E-state index contributed by atoms with van der Waals surface area (Å²) < 4.78 is 5.18. The highest BCUT2D eigenvalue weighted by atomic mass is 35.5. The third-order valence-corrected chi connectivity index (χ3v) is 2.75. The van der Waals surface area contributed by atoms with E-state index in [-0.39, 0.29) is 16.6 Å². The van der Waals surface area contributed by atoms with Crippen molar-refractivity contribution in [3.05, 3.63) is 64.7 Å². The first-order chi connectivity index (χ1) is 9.08. The standard InChI is InChI=1S/C14H11ClN2O2/c15-11-8-10(13(16)17)6-7-12(11)19-14(18)9-4-2-1-3-5-9/h1-8H,(H3,16,17). The maximum atomic E-state index is 11.8. The molecular formula is C14H11ClN2O2. The number of hydrogen-bond acceptors (Lipinski definition) is 3. The van der Waals surface area contributed by atoms with Crippen molar-refractivity contribution < 1.29 is 9.53 Å². The number of benzene rings is 2. The number of nitrogens with two attached hydrogens (primary N) is 1. The highest BCUT2D eigenvalue weighted by molar-refractivity contribution is 6.32. The van der Waals surface area contributed by atoms with Crippen molar-refractivity contribution in [3.63, 3.8) is 0 Å². The summed E-state index contributed by atoms with van der Waals surface area (Å²) in [7, 11) is 0. The van der Waals surface area contributed by atoms with Crippen molar-refractivity contribution >= 4 is 23.4 Å². The van der Waals surface area contributed by atoms with Crippen molar-refractivity contribution in [3.8, 4) is 5.75 Å². The lowest BCUT2D eigenvalue weighted by molar-refractivity contribution is 0.0735. The molecule has 5 heteroatoms. The van der Waals surface area contributed by atoms with E-state index in [4.69, 9.17) is 27.5 Å². The van der Waals surface area contributed by atoms with Gasteiger partial charge in [0.05, 0.1) is 10.6 Å². The maximum absolute atomic E-state index is 11.8. The lowest BCUT2D eigenvalue weighted by atomic mass is 10.2. The molecule has 0 heterocycles. The van der Waals surface area contributed by atoms with Crippen LogP contribution in [0.25, 0.3) is 0 Å². The zero-order valence-corrected chi connectivity index (χ0v) is 10.6. The second-order valence-electron chi connectivity index (χ2n) is 3.81. The summed E-state index contributed by atoms with van der Waals surface area (Å²) in [5.74, 6) is -0.346. The molecule has 0 saturated heterocycles. The Morgan fingerprint density at radius 2 is 1.79 bits per heavy atom. The van der Waals surface area contributed by atoms with Crippen LogP contribution in [-0.2, 0) is 0 Å². The number of esters is 1. The molecule has 4 nitrogen and oxygen atoms in total. The second kappa shape index (κ2) is 5.54. The Kier molecular flexibility index (Phi) is 3.82. The molecule has 0 bridgehead atoms. The van der Waals surface area contributed by atoms with E-state index >= 15 is 0 Å². The molecule has 0 spiro atoms. The molecule has 0 aromatic heterocycles. The van der Waals surface area contributed by atoms with Crippen molar-refractivity contribution in [2.45, 2.75) is 0 Å². The van der Waals surface area contributed by atoms with E-state index in [1.807, 2.05) is 6.07 Å². The lowest BCUT2D eigenvalue weighted by Gasteiger charge is -2.07. The van der Waals surface area contributed by atoms with Gasteiger partial charge in [0.1, 0.15) is 11.6 Å². The van der Waals surface area contributed by atoms with Crippen LogP contribution in [-0.4, -0.2) is 11.8 Å². The quantitative estimate of drug-likeness (QED) is 0.391. The van der Waals surface area contributed by atoms with E-state index < -0.39 is 5.97 Å². The minimum atomic E-state index is -0.488. The number of carbonyl (C=O) groups is 1. The number of ether oxygens (including phenoxy) is 1. The summed E-state index contributed by atoms with van der Waals surface area (Å²) in [5, 5.41) is 7.52. The molecule has 3 N–H and O–H groups in total. The van der Waals surface area contributed by atoms with E-state index in [1.54, 1.807) is 30.3 Å². The predicted molar refractivity (Wildman–Crippen MR) is 73.9 cm³/mol. The Labute approximate surface area is 115 Å². The molecule has 2 aromatic rings. The highest BCUT2D eigenvalue weighted by Gasteiger charge is 2.11. The van der Waals surface area contributed by atoms with E-state index in [0.717, 1.165) is 0 Å². The Bertz CT molecular complexity index is 627. The Balaban J connectivity index is 2.20. The first kappa shape index (κ1) is 13.1. The van der Waals surface area contributed by atoms with Gasteiger partial charge in [-0.1, -0.05) is 29.8 Å². The highest BCUT2D eigenvalue weighted by Crippen LogP contribution is 2.26. The van der Waals surface area contributed by atoms with E-state index in [2.05, 4.69) is 0 Å². The number of rotatable bonds is 3. The fourth-order valence-electron chi connectivity index (χ4n) is 1.48. The Hall–Kier alpha value is -2.33. The van der Waals surface area contributed by atoms with Crippen LogP contribution in [0.5, 0.6) is 5.75 Å². The molecule has 0 aliphatic heterocycles. The number of amidine groups is 1. The first-order valence-electron chi connectivity index (χ1n) is 5.49. The van der Waals surface area contributed by atoms with Crippen LogP contribution in [0.15, 0.2) is 48.5 Å². The zero-order valence-electron chi connectivity index (χ0n) is 9.89. The van der Waals surface area contributed by atoms with Gasteiger partial charge in [0.2, 0.25) is 0 Å². The number of nitrogen functional groups attached to an aromatic ring is 1. The molecule has 0 fully saturated rings. The normalized spacial score (nSPS) is 9.95. The van der Waals surface area contributed by atoms with Crippen LogP contribution in [0.2, 0.25) is 5.02 Å². The molecule has 0 saturated carbocycles. The van der Waals surface area contributed by atoms with Crippen LogP contribution in [0.4, 0.5) is 0 Å². The van der Waals surface area contributed by atoms with Crippen LogP contribution >= 0.6 is 11.6 Å². The lowest BCUT2D eigenvalue weighted by Crippen LogP contribution is -2.12. The van der Waals surface area contributed by atoms with Gasteiger partial charge >= 0.3 is 5.97 Å². The largest absolute Gasteiger partial charge is 0.421 e. The van der Waals surface area contributed by atoms with Crippen LogP contribution in [0.3, 0.4) is 0 Å². The fourth-order valence-corrected chi connectivity index (χ4v) is 1.70. The molecule has 2 aromatic carbocycles. The van der Waals surface area contributed by atoms with Gasteiger partial charge < -0.3 is 10.5 Å². The van der Waals surface area contributed by atoms with E-state index in [9.17, 15) is 4.79 Å². The third-order valence-electron chi connectivity index (χ3n) is 2.46. The minimum absolute atomic E-state index is 0.0946. The number of halogens is 1. The van der Waals surface area contributed by atoms with Gasteiger partial charge in [0, 0.05) is 5.56 Å². The van der Waals surface area contributed by atoms with Gasteiger partial charge in [-0.05, 0) is 30.3 Å². The average Bonchev–Trinajstić information content (AvgIpc) is 2.41. The molecule has 19 heavy (non-hydrogen) atoms. The summed E-state index contributed by atoms with van der Waals surface area (Å²) in [6.45, 7) is 0.